The van der Waals surface area contributed by atoms with Gasteiger partial charge in [-0.3, -0.25) is 4.79 Å². The summed E-state index contributed by atoms with van der Waals surface area (Å²) in [6.07, 6.45) is 1.20. The highest BCUT2D eigenvalue weighted by atomic mass is 79.9. The van der Waals surface area contributed by atoms with Crippen LogP contribution in [0.3, 0.4) is 0 Å². The fraction of sp³-hybridized carbons (Fsp3) is 0.462. The van der Waals surface area contributed by atoms with E-state index in [4.69, 9.17) is 0 Å². The van der Waals surface area contributed by atoms with E-state index in [9.17, 15) is 4.79 Å². The maximum absolute atomic E-state index is 12.0. The lowest BCUT2D eigenvalue weighted by Gasteiger charge is -2.08. The Bertz CT molecular complexity index is 459. The number of halogens is 1. The molecule has 1 saturated carbocycles. The number of amides is 1. The van der Waals surface area contributed by atoms with Crippen LogP contribution in [-0.4, -0.2) is 12.5 Å². The number of thiol groups is 1. The average molecular weight is 314 g/mol. The van der Waals surface area contributed by atoms with Crippen LogP contribution in [0.1, 0.15) is 30.6 Å². The quantitative estimate of drug-likeness (QED) is 0.821. The summed E-state index contributed by atoms with van der Waals surface area (Å²) in [5.74, 6) is 0.583. The third-order valence-electron chi connectivity index (χ3n) is 3.42. The van der Waals surface area contributed by atoms with Gasteiger partial charge >= 0.3 is 0 Å². The minimum absolute atomic E-state index is 0.0320. The molecule has 0 heterocycles. The van der Waals surface area contributed by atoms with Crippen LogP contribution in [0.5, 0.6) is 0 Å². The van der Waals surface area contributed by atoms with Crippen molar-refractivity contribution >= 4 is 34.5 Å². The Balaban J connectivity index is 1.98. The van der Waals surface area contributed by atoms with Crippen molar-refractivity contribution in [3.05, 3.63) is 28.2 Å². The Labute approximate surface area is 116 Å². The van der Waals surface area contributed by atoms with Crippen molar-refractivity contribution in [3.8, 4) is 0 Å². The minimum atomic E-state index is -0.0320. The molecule has 0 saturated heterocycles. The van der Waals surface area contributed by atoms with Crippen molar-refractivity contribution in [3.63, 3.8) is 0 Å². The molecule has 1 N–H and O–H groups in total. The molecule has 1 aromatic rings. The maximum Gasteiger partial charge on any atom is 0.252 e. The number of benzene rings is 1. The van der Waals surface area contributed by atoms with E-state index in [1.165, 1.54) is 6.42 Å². The largest absolute Gasteiger partial charge is 0.352 e. The molecule has 1 unspecified atom stereocenters. The van der Waals surface area contributed by atoms with Crippen molar-refractivity contribution in [2.24, 2.45) is 11.3 Å². The number of carbonyl (C=O) groups excluding carboxylic acids is 1. The molecule has 0 radical (unpaired) electrons. The van der Waals surface area contributed by atoms with Gasteiger partial charge < -0.3 is 5.32 Å². The molecule has 0 spiro atoms. The Hall–Kier alpha value is -0.480. The van der Waals surface area contributed by atoms with Gasteiger partial charge in [0.1, 0.15) is 0 Å². The molecule has 1 aliphatic rings. The molecule has 4 heteroatoms. The van der Waals surface area contributed by atoms with Gasteiger partial charge in [0.25, 0.3) is 5.91 Å². The molecule has 17 heavy (non-hydrogen) atoms. The molecule has 1 fully saturated rings. The van der Waals surface area contributed by atoms with Crippen LogP contribution in [0, 0.1) is 11.3 Å². The minimum Gasteiger partial charge on any atom is -0.352 e. The lowest BCUT2D eigenvalue weighted by atomic mass is 10.1. The highest BCUT2D eigenvalue weighted by Gasteiger charge is 2.45. The number of rotatable bonds is 3. The Kier molecular flexibility index (Phi) is 3.55. The van der Waals surface area contributed by atoms with E-state index in [2.05, 4.69) is 47.7 Å². The molecule has 2 rings (SSSR count). The zero-order valence-corrected chi connectivity index (χ0v) is 12.4. The molecule has 1 amide bonds. The number of hydrogen-bond acceptors (Lipinski definition) is 2. The summed E-state index contributed by atoms with van der Waals surface area (Å²) in [4.78, 5) is 12.8. The highest BCUT2D eigenvalue weighted by Crippen LogP contribution is 2.51. The molecular weight excluding hydrogens is 298 g/mol. The molecular formula is C13H16BrNOS. The van der Waals surface area contributed by atoms with E-state index in [-0.39, 0.29) is 5.91 Å². The van der Waals surface area contributed by atoms with Crippen molar-refractivity contribution in [2.45, 2.75) is 25.2 Å². The molecule has 1 aromatic carbocycles. The van der Waals surface area contributed by atoms with Crippen molar-refractivity contribution < 1.29 is 4.79 Å². The first kappa shape index (κ1) is 13.0. The second kappa shape index (κ2) is 4.65. The SMILES string of the molecule is CC1(C)CC1CNC(=O)c1cc(S)ccc1Br. The summed E-state index contributed by atoms with van der Waals surface area (Å²) in [5, 5.41) is 2.98. The summed E-state index contributed by atoms with van der Waals surface area (Å²) in [5.41, 5.74) is 1.05. The van der Waals surface area contributed by atoms with Gasteiger partial charge in [-0.05, 0) is 51.9 Å². The van der Waals surface area contributed by atoms with Gasteiger partial charge in [-0.2, -0.15) is 0 Å². The van der Waals surface area contributed by atoms with Crippen molar-refractivity contribution in [1.29, 1.82) is 0 Å². The van der Waals surface area contributed by atoms with Crippen molar-refractivity contribution in [1.82, 2.24) is 5.32 Å². The Morgan fingerprint density at radius 1 is 1.59 bits per heavy atom. The van der Waals surface area contributed by atoms with Crippen LogP contribution in [-0.2, 0) is 0 Å². The molecule has 2 nitrogen and oxygen atoms in total. The lowest BCUT2D eigenvalue weighted by molar-refractivity contribution is 0.0949. The zero-order chi connectivity index (χ0) is 12.6. The first-order valence-electron chi connectivity index (χ1n) is 5.67. The van der Waals surface area contributed by atoms with E-state index in [0.717, 1.165) is 15.9 Å². The summed E-state index contributed by atoms with van der Waals surface area (Å²) in [7, 11) is 0. The first-order valence-corrected chi connectivity index (χ1v) is 6.91. The van der Waals surface area contributed by atoms with Crippen LogP contribution < -0.4 is 5.32 Å². The molecule has 0 bridgehead atoms. The van der Waals surface area contributed by atoms with Crippen LogP contribution in [0.4, 0.5) is 0 Å². The second-order valence-electron chi connectivity index (χ2n) is 5.26. The number of hydrogen-bond donors (Lipinski definition) is 2. The van der Waals surface area contributed by atoms with Gasteiger partial charge in [-0.25, -0.2) is 0 Å². The third-order valence-corrected chi connectivity index (χ3v) is 4.39. The van der Waals surface area contributed by atoms with Crippen LogP contribution in [0.25, 0.3) is 0 Å². The summed E-state index contributed by atoms with van der Waals surface area (Å²) >= 11 is 7.63. The number of carbonyl (C=O) groups is 1. The zero-order valence-electron chi connectivity index (χ0n) is 9.96. The van der Waals surface area contributed by atoms with Gasteiger partial charge in [0.15, 0.2) is 0 Å². The van der Waals surface area contributed by atoms with E-state index in [0.29, 0.717) is 16.9 Å². The van der Waals surface area contributed by atoms with E-state index in [1.807, 2.05) is 12.1 Å². The highest BCUT2D eigenvalue weighted by molar-refractivity contribution is 9.10. The number of nitrogens with one attached hydrogen (secondary N) is 1. The van der Waals surface area contributed by atoms with Crippen LogP contribution in [0.2, 0.25) is 0 Å². The Morgan fingerprint density at radius 2 is 2.24 bits per heavy atom. The van der Waals surface area contributed by atoms with Crippen molar-refractivity contribution in [2.75, 3.05) is 6.54 Å². The predicted octanol–water partition coefficient (Wildman–Crippen LogP) is 3.51. The average Bonchev–Trinajstić information content (AvgIpc) is 2.87. The molecule has 0 aromatic heterocycles. The molecule has 1 aliphatic carbocycles. The molecule has 0 aliphatic heterocycles. The standard InChI is InChI=1S/C13H16BrNOS/c1-13(2)6-8(13)7-15-12(16)10-5-9(17)3-4-11(10)14/h3-5,8,17H,6-7H2,1-2H3,(H,15,16). The van der Waals surface area contributed by atoms with E-state index >= 15 is 0 Å². The molecule has 92 valence electrons. The normalized spacial score (nSPS) is 21.1. The second-order valence-corrected chi connectivity index (χ2v) is 6.63. The fourth-order valence-electron chi connectivity index (χ4n) is 1.92. The lowest BCUT2D eigenvalue weighted by Crippen LogP contribution is -2.26. The third kappa shape index (κ3) is 3.05. The van der Waals surface area contributed by atoms with Gasteiger partial charge in [0.2, 0.25) is 0 Å². The summed E-state index contributed by atoms with van der Waals surface area (Å²) in [6, 6.07) is 5.48. The smallest absolute Gasteiger partial charge is 0.252 e. The van der Waals surface area contributed by atoms with Crippen LogP contribution >= 0.6 is 28.6 Å². The predicted molar refractivity (Wildman–Crippen MR) is 75.6 cm³/mol. The first-order chi connectivity index (χ1) is 7.90. The summed E-state index contributed by atoms with van der Waals surface area (Å²) in [6.45, 7) is 5.22. The Morgan fingerprint density at radius 3 is 2.82 bits per heavy atom. The van der Waals surface area contributed by atoms with Gasteiger partial charge in [0.05, 0.1) is 5.56 Å². The fourth-order valence-corrected chi connectivity index (χ4v) is 2.55. The van der Waals surface area contributed by atoms with Crippen LogP contribution in [0.15, 0.2) is 27.6 Å². The van der Waals surface area contributed by atoms with E-state index < -0.39 is 0 Å². The molecule has 1 atom stereocenters. The monoisotopic (exact) mass is 313 g/mol. The van der Waals surface area contributed by atoms with Gasteiger partial charge in [-0.15, -0.1) is 12.6 Å². The topological polar surface area (TPSA) is 29.1 Å². The summed E-state index contributed by atoms with van der Waals surface area (Å²) < 4.78 is 0.808. The van der Waals surface area contributed by atoms with Gasteiger partial charge in [0, 0.05) is 15.9 Å². The van der Waals surface area contributed by atoms with E-state index in [1.54, 1.807) is 6.07 Å². The maximum atomic E-state index is 12.0. The van der Waals surface area contributed by atoms with Gasteiger partial charge in [-0.1, -0.05) is 13.8 Å².